The number of amides is 1. The number of alkyl halides is 3. The first-order valence-electron chi connectivity index (χ1n) is 10.1. The van der Waals surface area contributed by atoms with Crippen LogP contribution in [0.2, 0.25) is 0 Å². The fourth-order valence-corrected chi connectivity index (χ4v) is 4.04. The van der Waals surface area contributed by atoms with Crippen molar-refractivity contribution in [2.24, 2.45) is 0 Å². The standard InChI is InChI=1S/C23H24F3N3O4S/c1-28(2)11-12-29(21(30)10-6-15-5-9-18(31-3)19(13-15)32-4)22-27-17-8-7-16(14-20(17)34-22)33-23(24,25)26/h5-10,13-14H,11-12H2,1-4H3. The SMILES string of the molecule is COc1ccc(C=CC(=O)N(CCN(C)C)c2nc3ccc(OC(F)(F)F)cc3s2)cc1OC. The van der Waals surface area contributed by atoms with Crippen molar-refractivity contribution >= 4 is 38.7 Å². The molecule has 11 heteroatoms. The molecule has 2 aromatic carbocycles. The molecule has 0 aliphatic carbocycles. The van der Waals surface area contributed by atoms with Crippen LogP contribution in [0, 0.1) is 0 Å². The number of methoxy groups -OCH3 is 2. The van der Waals surface area contributed by atoms with Crippen molar-refractivity contribution in [1.29, 1.82) is 0 Å². The minimum atomic E-state index is -4.79. The van der Waals surface area contributed by atoms with Crippen LogP contribution in [-0.2, 0) is 4.79 Å². The fourth-order valence-electron chi connectivity index (χ4n) is 3.02. The van der Waals surface area contributed by atoms with Crippen molar-refractivity contribution in [3.05, 3.63) is 48.0 Å². The Morgan fingerprint density at radius 1 is 1.06 bits per heavy atom. The lowest BCUT2D eigenvalue weighted by molar-refractivity contribution is -0.274. The predicted molar refractivity (Wildman–Crippen MR) is 126 cm³/mol. The molecule has 0 spiro atoms. The van der Waals surface area contributed by atoms with Crippen LogP contribution in [0.15, 0.2) is 42.5 Å². The van der Waals surface area contributed by atoms with Gasteiger partial charge in [0, 0.05) is 25.2 Å². The molecule has 0 bridgehead atoms. The predicted octanol–water partition coefficient (Wildman–Crippen LogP) is 4.82. The van der Waals surface area contributed by atoms with E-state index >= 15 is 0 Å². The Balaban J connectivity index is 1.88. The Kier molecular flexibility index (Phi) is 8.00. The Bertz CT molecular complexity index is 1180. The summed E-state index contributed by atoms with van der Waals surface area (Å²) in [6, 6.07) is 9.16. The van der Waals surface area contributed by atoms with Crippen molar-refractivity contribution in [3.8, 4) is 17.2 Å². The van der Waals surface area contributed by atoms with Gasteiger partial charge in [0.25, 0.3) is 5.91 Å². The molecule has 0 atom stereocenters. The van der Waals surface area contributed by atoms with Crippen LogP contribution in [0.25, 0.3) is 16.3 Å². The fraction of sp³-hybridized carbons (Fsp3) is 0.304. The van der Waals surface area contributed by atoms with Crippen LogP contribution in [0.3, 0.4) is 0 Å². The summed E-state index contributed by atoms with van der Waals surface area (Å²) in [5.74, 6) is 0.448. The van der Waals surface area contributed by atoms with Gasteiger partial charge in [-0.05, 0) is 50.0 Å². The third-order valence-electron chi connectivity index (χ3n) is 4.68. The molecule has 0 aliphatic rings. The molecule has 1 aromatic heterocycles. The molecule has 0 aliphatic heterocycles. The minimum Gasteiger partial charge on any atom is -0.493 e. The summed E-state index contributed by atoms with van der Waals surface area (Å²) < 4.78 is 52.7. The molecule has 182 valence electrons. The number of aromatic nitrogens is 1. The van der Waals surface area contributed by atoms with Crippen LogP contribution in [-0.4, -0.2) is 63.6 Å². The maximum atomic E-state index is 13.1. The maximum Gasteiger partial charge on any atom is 0.573 e. The minimum absolute atomic E-state index is 0.317. The third kappa shape index (κ3) is 6.61. The highest BCUT2D eigenvalue weighted by molar-refractivity contribution is 7.22. The molecule has 0 saturated heterocycles. The topological polar surface area (TPSA) is 64.1 Å². The van der Waals surface area contributed by atoms with Crippen LogP contribution < -0.4 is 19.1 Å². The average Bonchev–Trinajstić information content (AvgIpc) is 3.19. The summed E-state index contributed by atoms with van der Waals surface area (Å²) >= 11 is 1.12. The molecule has 1 heterocycles. The molecule has 0 unspecified atom stereocenters. The molecule has 3 rings (SSSR count). The Morgan fingerprint density at radius 3 is 2.44 bits per heavy atom. The van der Waals surface area contributed by atoms with E-state index in [-0.39, 0.29) is 11.7 Å². The zero-order chi connectivity index (χ0) is 24.9. The Morgan fingerprint density at radius 2 is 1.79 bits per heavy atom. The van der Waals surface area contributed by atoms with Crippen molar-refractivity contribution < 1.29 is 32.2 Å². The van der Waals surface area contributed by atoms with Gasteiger partial charge < -0.3 is 19.1 Å². The zero-order valence-electron chi connectivity index (χ0n) is 19.0. The number of hydrogen-bond donors (Lipinski definition) is 0. The molecule has 7 nitrogen and oxygen atoms in total. The van der Waals surface area contributed by atoms with Gasteiger partial charge in [0.2, 0.25) is 0 Å². The molecule has 0 N–H and O–H groups in total. The number of thiazole rings is 1. The second kappa shape index (κ2) is 10.7. The summed E-state index contributed by atoms with van der Waals surface area (Å²) in [7, 11) is 6.82. The van der Waals surface area contributed by atoms with E-state index in [4.69, 9.17) is 9.47 Å². The zero-order valence-corrected chi connectivity index (χ0v) is 19.9. The van der Waals surface area contributed by atoms with Crippen molar-refractivity contribution in [2.75, 3.05) is 46.3 Å². The number of benzene rings is 2. The molecular weight excluding hydrogens is 471 g/mol. The summed E-state index contributed by atoms with van der Waals surface area (Å²) in [6.07, 6.45) is -1.72. The van der Waals surface area contributed by atoms with E-state index in [1.807, 2.05) is 19.0 Å². The van der Waals surface area contributed by atoms with Gasteiger partial charge in [-0.2, -0.15) is 0 Å². The number of ether oxygens (including phenoxy) is 3. The highest BCUT2D eigenvalue weighted by atomic mass is 32.1. The smallest absolute Gasteiger partial charge is 0.493 e. The molecule has 0 radical (unpaired) electrons. The van der Waals surface area contributed by atoms with Crippen molar-refractivity contribution in [2.45, 2.75) is 6.36 Å². The number of anilines is 1. The second-order valence-electron chi connectivity index (χ2n) is 7.41. The first kappa shape index (κ1) is 25.3. The molecule has 3 aromatic rings. The van der Waals surface area contributed by atoms with Crippen molar-refractivity contribution in [1.82, 2.24) is 9.88 Å². The molecule has 0 fully saturated rings. The van der Waals surface area contributed by atoms with E-state index in [1.54, 1.807) is 24.3 Å². The van der Waals surface area contributed by atoms with E-state index in [9.17, 15) is 18.0 Å². The lowest BCUT2D eigenvalue weighted by Gasteiger charge is -2.20. The normalized spacial score (nSPS) is 11.9. The number of rotatable bonds is 9. The summed E-state index contributed by atoms with van der Waals surface area (Å²) in [4.78, 5) is 21.0. The van der Waals surface area contributed by atoms with Gasteiger partial charge in [-0.25, -0.2) is 4.98 Å². The van der Waals surface area contributed by atoms with Crippen LogP contribution >= 0.6 is 11.3 Å². The average molecular weight is 496 g/mol. The van der Waals surface area contributed by atoms with Gasteiger partial charge in [-0.15, -0.1) is 13.2 Å². The lowest BCUT2D eigenvalue weighted by atomic mass is 10.2. The van der Waals surface area contributed by atoms with Gasteiger partial charge >= 0.3 is 6.36 Å². The Labute approximate surface area is 199 Å². The van der Waals surface area contributed by atoms with E-state index in [2.05, 4.69) is 9.72 Å². The van der Waals surface area contributed by atoms with Crippen LogP contribution in [0.5, 0.6) is 17.2 Å². The summed E-state index contributed by atoms with van der Waals surface area (Å²) in [5, 5.41) is 0.378. The Hall–Kier alpha value is -3.31. The monoisotopic (exact) mass is 495 g/mol. The summed E-state index contributed by atoms with van der Waals surface area (Å²) in [5.41, 5.74) is 1.21. The molecule has 0 saturated carbocycles. The number of hydrogen-bond acceptors (Lipinski definition) is 7. The number of halogens is 3. The van der Waals surface area contributed by atoms with E-state index in [0.717, 1.165) is 16.9 Å². The molecule has 1 amide bonds. The van der Waals surface area contributed by atoms with E-state index < -0.39 is 6.36 Å². The first-order valence-corrected chi connectivity index (χ1v) is 10.9. The van der Waals surface area contributed by atoms with Crippen molar-refractivity contribution in [3.63, 3.8) is 0 Å². The molecular formula is C23H24F3N3O4S. The molecule has 34 heavy (non-hydrogen) atoms. The number of carbonyl (C=O) groups is 1. The number of nitrogens with zero attached hydrogens (tertiary/aromatic N) is 3. The largest absolute Gasteiger partial charge is 0.573 e. The number of fused-ring (bicyclic) bond motifs is 1. The van der Waals surface area contributed by atoms with E-state index in [0.29, 0.717) is 39.9 Å². The third-order valence-corrected chi connectivity index (χ3v) is 5.72. The lowest BCUT2D eigenvalue weighted by Crippen LogP contribution is -2.35. The highest BCUT2D eigenvalue weighted by Crippen LogP contribution is 2.33. The quantitative estimate of drug-likeness (QED) is 0.397. The van der Waals surface area contributed by atoms with Gasteiger partial charge in [0.15, 0.2) is 16.6 Å². The van der Waals surface area contributed by atoms with Gasteiger partial charge in [0.1, 0.15) is 5.75 Å². The van der Waals surface area contributed by atoms with Crippen LogP contribution in [0.4, 0.5) is 18.3 Å². The van der Waals surface area contributed by atoms with E-state index in [1.165, 1.54) is 43.4 Å². The number of carbonyl (C=O) groups excluding carboxylic acids is 1. The first-order chi connectivity index (χ1) is 16.1. The highest BCUT2D eigenvalue weighted by Gasteiger charge is 2.31. The maximum absolute atomic E-state index is 13.1. The van der Waals surface area contributed by atoms with Gasteiger partial charge in [-0.3, -0.25) is 9.69 Å². The van der Waals surface area contributed by atoms with Crippen LogP contribution in [0.1, 0.15) is 5.56 Å². The van der Waals surface area contributed by atoms with Gasteiger partial charge in [0.05, 0.1) is 24.4 Å². The summed E-state index contributed by atoms with van der Waals surface area (Å²) in [6.45, 7) is 0.905. The van der Waals surface area contributed by atoms with Gasteiger partial charge in [-0.1, -0.05) is 17.4 Å². The number of likely N-dealkylation sites (N-methyl/N-ethyl adjacent to an activating group) is 1. The second-order valence-corrected chi connectivity index (χ2v) is 8.42.